The first-order valence-corrected chi connectivity index (χ1v) is 12.1. The van der Waals surface area contributed by atoms with Gasteiger partial charge in [0.1, 0.15) is 21.7 Å². The molecule has 1 amide bonds. The van der Waals surface area contributed by atoms with Crippen LogP contribution in [0.25, 0.3) is 20.9 Å². The fourth-order valence-electron chi connectivity index (χ4n) is 4.09. The summed E-state index contributed by atoms with van der Waals surface area (Å²) < 4.78 is 0. The van der Waals surface area contributed by atoms with E-state index < -0.39 is 0 Å². The highest BCUT2D eigenvalue weighted by Gasteiger charge is 2.16. The monoisotopic (exact) mass is 484 g/mol. The maximum absolute atomic E-state index is 13.0. The van der Waals surface area contributed by atoms with Crippen LogP contribution in [0.3, 0.4) is 0 Å². The number of aliphatic imine (C=N–C) groups is 1. The van der Waals surface area contributed by atoms with Crippen LogP contribution in [0.4, 0.5) is 11.4 Å². The van der Waals surface area contributed by atoms with Gasteiger partial charge in [-0.05, 0) is 67.9 Å². The van der Waals surface area contributed by atoms with E-state index in [0.29, 0.717) is 16.9 Å². The Balaban J connectivity index is 1.38. The van der Waals surface area contributed by atoms with Gasteiger partial charge in [0.2, 0.25) is 0 Å². The number of aromatic nitrogens is 2. The zero-order valence-electron chi connectivity index (χ0n) is 19.0. The highest BCUT2D eigenvalue weighted by molar-refractivity contribution is 7.21. The Bertz CT molecular complexity index is 1410. The number of nitrogens with zero attached hydrogens (tertiary/aromatic N) is 6. The third kappa shape index (κ3) is 5.39. The van der Waals surface area contributed by atoms with E-state index in [4.69, 9.17) is 10.8 Å². The van der Waals surface area contributed by atoms with Gasteiger partial charge in [0, 0.05) is 23.9 Å². The summed E-state index contributed by atoms with van der Waals surface area (Å²) in [7, 11) is 0. The largest absolute Gasteiger partial charge is 0.321 e. The van der Waals surface area contributed by atoms with Crippen molar-refractivity contribution < 1.29 is 4.79 Å². The Morgan fingerprint density at radius 3 is 2.86 bits per heavy atom. The molecule has 10 heteroatoms. The van der Waals surface area contributed by atoms with Crippen molar-refractivity contribution in [1.29, 1.82) is 0 Å². The Morgan fingerprint density at radius 1 is 1.14 bits per heavy atom. The van der Waals surface area contributed by atoms with Crippen LogP contribution in [0.2, 0.25) is 0 Å². The normalized spacial score (nSPS) is 14.4. The molecule has 2 aromatic heterocycles. The van der Waals surface area contributed by atoms with E-state index in [0.717, 1.165) is 40.6 Å². The molecule has 0 atom stereocenters. The predicted octanol–water partition coefficient (Wildman–Crippen LogP) is 5.19. The molecule has 0 saturated carbocycles. The molecule has 176 valence electrons. The van der Waals surface area contributed by atoms with Crippen LogP contribution in [-0.2, 0) is 6.54 Å². The first-order valence-electron chi connectivity index (χ1n) is 11.3. The van der Waals surface area contributed by atoms with Crippen LogP contribution in [0.15, 0.2) is 76.1 Å². The number of hydrogen-bond donors (Lipinski definition) is 2. The number of pyridine rings is 1. The lowest BCUT2D eigenvalue weighted by molar-refractivity contribution is 0.102. The molecule has 4 aromatic rings. The van der Waals surface area contributed by atoms with E-state index in [9.17, 15) is 4.79 Å². The number of carbonyl (C=O) groups is 1. The highest BCUT2D eigenvalue weighted by Crippen LogP contribution is 2.34. The molecule has 9 nitrogen and oxygen atoms in total. The Hall–Kier alpha value is -4.02. The third-order valence-corrected chi connectivity index (χ3v) is 6.76. The molecule has 2 aromatic carbocycles. The molecule has 1 aliphatic heterocycles. The van der Waals surface area contributed by atoms with Crippen molar-refractivity contribution in [3.05, 3.63) is 71.9 Å². The number of rotatable bonds is 7. The number of hydrogen-bond acceptors (Lipinski definition) is 7. The SMILES string of the molecule is NN=NC=Nc1cccc(C(=O)Nc2ccccc2-c2nc3cc(CN4CCCC4)cnc3s2)c1. The number of amides is 1. The van der Waals surface area contributed by atoms with Crippen LogP contribution in [0, 0.1) is 0 Å². The molecule has 0 unspecified atom stereocenters. The number of para-hydroxylation sites is 1. The third-order valence-electron chi connectivity index (χ3n) is 5.75. The molecule has 0 bridgehead atoms. The topological polar surface area (TPSA) is 121 Å². The van der Waals surface area contributed by atoms with Gasteiger partial charge >= 0.3 is 0 Å². The lowest BCUT2D eigenvalue weighted by Crippen LogP contribution is -2.18. The second kappa shape index (κ2) is 10.5. The summed E-state index contributed by atoms with van der Waals surface area (Å²) >= 11 is 1.52. The van der Waals surface area contributed by atoms with Gasteiger partial charge in [0.15, 0.2) is 0 Å². The van der Waals surface area contributed by atoms with Crippen molar-refractivity contribution in [2.45, 2.75) is 19.4 Å². The van der Waals surface area contributed by atoms with Gasteiger partial charge < -0.3 is 11.2 Å². The van der Waals surface area contributed by atoms with Crippen molar-refractivity contribution in [3.8, 4) is 10.6 Å². The van der Waals surface area contributed by atoms with Gasteiger partial charge in [-0.3, -0.25) is 9.69 Å². The molecule has 1 saturated heterocycles. The van der Waals surface area contributed by atoms with Gasteiger partial charge in [-0.15, -0.1) is 5.11 Å². The summed E-state index contributed by atoms with van der Waals surface area (Å²) in [6.45, 7) is 3.18. The number of thiazole rings is 1. The second-order valence-electron chi connectivity index (χ2n) is 8.20. The Labute approximate surface area is 206 Å². The minimum atomic E-state index is -0.248. The first-order chi connectivity index (χ1) is 17.2. The smallest absolute Gasteiger partial charge is 0.255 e. The van der Waals surface area contributed by atoms with E-state index in [1.807, 2.05) is 30.5 Å². The summed E-state index contributed by atoms with van der Waals surface area (Å²) in [5, 5.41) is 10.5. The van der Waals surface area contributed by atoms with Crippen molar-refractivity contribution in [2.75, 3.05) is 18.4 Å². The lowest BCUT2D eigenvalue weighted by atomic mass is 10.1. The van der Waals surface area contributed by atoms with Crippen molar-refractivity contribution in [1.82, 2.24) is 14.9 Å². The minimum Gasteiger partial charge on any atom is -0.321 e. The number of benzene rings is 2. The van der Waals surface area contributed by atoms with Crippen molar-refractivity contribution >= 4 is 45.3 Å². The molecule has 35 heavy (non-hydrogen) atoms. The average Bonchev–Trinajstić information content (AvgIpc) is 3.54. The first kappa shape index (κ1) is 22.8. The fourth-order valence-corrected chi connectivity index (χ4v) is 5.02. The van der Waals surface area contributed by atoms with Crippen LogP contribution < -0.4 is 11.2 Å². The minimum absolute atomic E-state index is 0.248. The van der Waals surface area contributed by atoms with Gasteiger partial charge in [-0.1, -0.05) is 34.8 Å². The average molecular weight is 485 g/mol. The molecular weight excluding hydrogens is 460 g/mol. The maximum atomic E-state index is 13.0. The number of likely N-dealkylation sites (tertiary alicyclic amines) is 1. The standard InChI is InChI=1S/C25H24N8OS/c26-32-29-16-28-19-7-5-6-18(13-19)23(34)30-21-9-2-1-8-20(21)24-31-22-12-17(14-27-25(22)35-24)15-33-10-3-4-11-33/h1-2,5-9,12-14,16H,3-4,10-11,15H2,(H,30,34)(H2,26,28,29). The van der Waals surface area contributed by atoms with Gasteiger partial charge in [0.05, 0.1) is 11.4 Å². The van der Waals surface area contributed by atoms with E-state index in [1.54, 1.807) is 24.3 Å². The van der Waals surface area contributed by atoms with E-state index >= 15 is 0 Å². The van der Waals surface area contributed by atoms with E-state index in [2.05, 4.69) is 36.6 Å². The van der Waals surface area contributed by atoms with Gasteiger partial charge in [-0.2, -0.15) is 0 Å². The van der Waals surface area contributed by atoms with Gasteiger partial charge in [-0.25, -0.2) is 15.0 Å². The summed E-state index contributed by atoms with van der Waals surface area (Å²) in [6, 6.07) is 16.7. The molecule has 0 radical (unpaired) electrons. The van der Waals surface area contributed by atoms with Crippen molar-refractivity contribution in [3.63, 3.8) is 0 Å². The zero-order chi connectivity index (χ0) is 24.0. The predicted molar refractivity (Wildman–Crippen MR) is 139 cm³/mol. The zero-order valence-corrected chi connectivity index (χ0v) is 19.8. The number of nitrogens with one attached hydrogen (secondary N) is 1. The molecular formula is C25H24N8OS. The molecule has 1 fully saturated rings. The van der Waals surface area contributed by atoms with Crippen LogP contribution in [-0.4, -0.2) is 40.2 Å². The lowest BCUT2D eigenvalue weighted by Gasteiger charge is -2.13. The number of nitrogens with two attached hydrogens (primary N) is 1. The molecule has 0 spiro atoms. The molecule has 1 aliphatic rings. The Morgan fingerprint density at radius 2 is 2.00 bits per heavy atom. The van der Waals surface area contributed by atoms with Crippen molar-refractivity contribution in [2.24, 2.45) is 21.2 Å². The number of anilines is 1. The van der Waals surface area contributed by atoms with Gasteiger partial charge in [0.25, 0.3) is 5.91 Å². The summed E-state index contributed by atoms with van der Waals surface area (Å²) in [5.41, 5.74) is 4.62. The van der Waals surface area contributed by atoms with E-state index in [-0.39, 0.29) is 5.91 Å². The summed E-state index contributed by atoms with van der Waals surface area (Å²) in [4.78, 5) is 29.9. The fraction of sp³-hybridized carbons (Fsp3) is 0.200. The molecule has 0 aliphatic carbocycles. The van der Waals surface area contributed by atoms with E-state index in [1.165, 1.54) is 36.1 Å². The van der Waals surface area contributed by atoms with Crippen LogP contribution in [0.1, 0.15) is 28.8 Å². The summed E-state index contributed by atoms with van der Waals surface area (Å²) in [6.07, 6.45) is 5.69. The maximum Gasteiger partial charge on any atom is 0.255 e. The van der Waals surface area contributed by atoms with Crippen LogP contribution >= 0.6 is 11.3 Å². The molecule has 5 rings (SSSR count). The Kier molecular flexibility index (Phi) is 6.82. The molecule has 3 N–H and O–H groups in total. The highest BCUT2D eigenvalue weighted by atomic mass is 32.1. The number of fused-ring (bicyclic) bond motifs is 1. The second-order valence-corrected chi connectivity index (χ2v) is 9.17. The number of carbonyl (C=O) groups excluding carboxylic acids is 1. The molecule has 3 heterocycles. The summed E-state index contributed by atoms with van der Waals surface area (Å²) in [5.74, 6) is 4.73. The van der Waals surface area contributed by atoms with Crippen LogP contribution in [0.5, 0.6) is 0 Å². The quantitative estimate of drug-likeness (QED) is 0.123.